The number of unbranched alkanes of at least 4 members (excludes halogenated alkanes) is 2. The molecule has 3 aliphatic carbocycles. The van der Waals surface area contributed by atoms with E-state index in [0.717, 1.165) is 19.3 Å². The average molecular weight is 375 g/mol. The van der Waals surface area contributed by atoms with E-state index in [1.54, 1.807) is 0 Å². The third kappa shape index (κ3) is 4.95. The highest BCUT2D eigenvalue weighted by Gasteiger charge is 2.46. The molecule has 4 rings (SSSR count). The fourth-order valence-electron chi connectivity index (χ4n) is 4.74. The van der Waals surface area contributed by atoms with Gasteiger partial charge in [-0.25, -0.2) is 4.79 Å². The molecule has 0 aromatic heterocycles. The van der Waals surface area contributed by atoms with Gasteiger partial charge in [0.05, 0.1) is 12.3 Å². The highest BCUT2D eigenvalue weighted by molar-refractivity contribution is 5.86. The number of nitrogens with one attached hydrogen (secondary N) is 1. The molecular formula is C22H34N2O3. The average Bonchev–Trinajstić information content (AvgIpc) is 2.67. The quantitative estimate of drug-likeness (QED) is 0.656. The second kappa shape index (κ2) is 9.45. The zero-order valence-corrected chi connectivity index (χ0v) is 16.9. The van der Waals surface area contributed by atoms with Crippen molar-refractivity contribution in [1.29, 1.82) is 0 Å². The molecule has 1 N–H and O–H groups in total. The summed E-state index contributed by atoms with van der Waals surface area (Å²) in [6.07, 6.45) is 7.78. The highest BCUT2D eigenvalue weighted by Crippen LogP contribution is 2.44. The molecule has 1 amide bonds. The van der Waals surface area contributed by atoms with Crippen molar-refractivity contribution in [1.82, 2.24) is 4.90 Å². The molecular weight excluding hydrogens is 340 g/mol. The summed E-state index contributed by atoms with van der Waals surface area (Å²) in [5.74, 6) is 1.82. The summed E-state index contributed by atoms with van der Waals surface area (Å²) in [5.41, 5.74) is 0.682. The number of benzene rings is 1. The molecule has 0 unspecified atom stereocenters. The summed E-state index contributed by atoms with van der Waals surface area (Å²) in [4.78, 5) is 14.9. The van der Waals surface area contributed by atoms with Crippen molar-refractivity contribution in [2.75, 3.05) is 26.0 Å². The molecule has 0 aliphatic heterocycles. The van der Waals surface area contributed by atoms with Gasteiger partial charge in [0, 0.05) is 6.04 Å². The van der Waals surface area contributed by atoms with E-state index in [1.165, 1.54) is 25.7 Å². The van der Waals surface area contributed by atoms with Crippen LogP contribution in [0.2, 0.25) is 0 Å². The van der Waals surface area contributed by atoms with E-state index >= 15 is 0 Å². The molecule has 2 atom stereocenters. The van der Waals surface area contributed by atoms with Gasteiger partial charge in [-0.05, 0) is 70.2 Å². The summed E-state index contributed by atoms with van der Waals surface area (Å²) in [7, 11) is 4.19. The fraction of sp³-hybridized carbons (Fsp3) is 0.682. The van der Waals surface area contributed by atoms with Crippen molar-refractivity contribution in [3.05, 3.63) is 24.3 Å². The second-order valence-electron chi connectivity index (χ2n) is 8.18. The molecule has 3 aliphatic rings. The van der Waals surface area contributed by atoms with Crippen LogP contribution in [0.3, 0.4) is 0 Å². The van der Waals surface area contributed by atoms with E-state index in [4.69, 9.17) is 9.47 Å². The highest BCUT2D eigenvalue weighted by atomic mass is 16.6. The van der Waals surface area contributed by atoms with E-state index in [1.807, 2.05) is 24.3 Å². The maximum Gasteiger partial charge on any atom is 0.412 e. The van der Waals surface area contributed by atoms with Crippen LogP contribution in [0.4, 0.5) is 10.5 Å². The van der Waals surface area contributed by atoms with Crippen LogP contribution >= 0.6 is 0 Å². The molecule has 0 heterocycles. The third-order valence-corrected chi connectivity index (χ3v) is 6.07. The van der Waals surface area contributed by atoms with Crippen LogP contribution in [-0.2, 0) is 4.74 Å². The van der Waals surface area contributed by atoms with Crippen LogP contribution in [0.25, 0.3) is 0 Å². The van der Waals surface area contributed by atoms with Crippen LogP contribution in [0.5, 0.6) is 5.75 Å². The first-order valence-electron chi connectivity index (χ1n) is 10.5. The lowest BCUT2D eigenvalue weighted by atomic mass is 9.65. The van der Waals surface area contributed by atoms with Crippen LogP contribution in [0, 0.1) is 11.8 Å². The summed E-state index contributed by atoms with van der Waals surface area (Å²) in [6.45, 7) is 2.83. The summed E-state index contributed by atoms with van der Waals surface area (Å²) < 4.78 is 11.8. The number of likely N-dealkylation sites (N-methyl/N-ethyl adjacent to an activating group) is 1. The number of ether oxygens (including phenoxy) is 2. The van der Waals surface area contributed by atoms with Crippen molar-refractivity contribution >= 4 is 11.8 Å². The maximum atomic E-state index is 12.6. The van der Waals surface area contributed by atoms with Crippen molar-refractivity contribution < 1.29 is 14.3 Å². The lowest BCUT2D eigenvalue weighted by Gasteiger charge is -2.50. The first kappa shape index (κ1) is 20.0. The standard InChI is InChI=1S/C22H34N2O3/c1-4-5-8-15-26-19-10-7-6-9-18(19)23-22(25)27-21-17-13-11-16(12-14-17)20(21)24(2)3/h6-7,9-10,16-17,20-21H,4-5,8,11-15H2,1-3H3,(H,23,25)/t16?,17?,20-,21-/m0/s1. The molecule has 0 saturated heterocycles. The monoisotopic (exact) mass is 374 g/mol. The van der Waals surface area contributed by atoms with Crippen LogP contribution in [-0.4, -0.2) is 43.8 Å². The normalized spacial score (nSPS) is 26.8. The number of para-hydroxylation sites is 2. The Kier molecular flexibility index (Phi) is 7.00. The minimum atomic E-state index is -0.371. The number of nitrogens with zero attached hydrogens (tertiary/aromatic N) is 1. The molecule has 2 bridgehead atoms. The number of anilines is 1. The predicted molar refractivity (Wildman–Crippen MR) is 108 cm³/mol. The lowest BCUT2D eigenvalue weighted by molar-refractivity contribution is -0.0703. The van der Waals surface area contributed by atoms with E-state index in [-0.39, 0.29) is 12.2 Å². The molecule has 1 aromatic carbocycles. The van der Waals surface area contributed by atoms with Crippen molar-refractivity contribution in [3.8, 4) is 5.75 Å². The number of carbonyl (C=O) groups excluding carboxylic acids is 1. The zero-order valence-electron chi connectivity index (χ0n) is 16.9. The summed E-state index contributed by atoms with van der Waals surface area (Å²) in [5, 5.41) is 2.91. The molecule has 0 radical (unpaired) electrons. The molecule has 0 spiro atoms. The summed E-state index contributed by atoms with van der Waals surface area (Å²) in [6, 6.07) is 7.91. The van der Waals surface area contributed by atoms with Crippen LogP contribution < -0.4 is 10.1 Å². The van der Waals surface area contributed by atoms with E-state index in [9.17, 15) is 4.79 Å². The van der Waals surface area contributed by atoms with E-state index < -0.39 is 0 Å². The Morgan fingerprint density at radius 3 is 2.52 bits per heavy atom. The Labute approximate surface area is 163 Å². The molecule has 5 nitrogen and oxygen atoms in total. The fourth-order valence-corrected chi connectivity index (χ4v) is 4.74. The zero-order chi connectivity index (χ0) is 19.2. The SMILES string of the molecule is CCCCCOc1ccccc1NC(=O)O[C@H]1C2CCC(CC2)[C@@H]1N(C)C. The van der Waals surface area contributed by atoms with Crippen molar-refractivity contribution in [2.24, 2.45) is 11.8 Å². The van der Waals surface area contributed by atoms with Gasteiger partial charge in [0.2, 0.25) is 0 Å². The van der Waals surface area contributed by atoms with Crippen LogP contribution in [0.15, 0.2) is 24.3 Å². The van der Waals surface area contributed by atoms with Gasteiger partial charge in [-0.2, -0.15) is 0 Å². The molecule has 5 heteroatoms. The van der Waals surface area contributed by atoms with Gasteiger partial charge in [0.15, 0.2) is 0 Å². The van der Waals surface area contributed by atoms with Gasteiger partial charge >= 0.3 is 6.09 Å². The van der Waals surface area contributed by atoms with Gasteiger partial charge < -0.3 is 14.4 Å². The van der Waals surface area contributed by atoms with Gasteiger partial charge in [0.25, 0.3) is 0 Å². The van der Waals surface area contributed by atoms with Gasteiger partial charge in [0.1, 0.15) is 11.9 Å². The van der Waals surface area contributed by atoms with E-state index in [0.29, 0.717) is 35.9 Å². The lowest BCUT2D eigenvalue weighted by Crippen LogP contribution is -2.56. The maximum absolute atomic E-state index is 12.6. The Hall–Kier alpha value is -1.75. The number of fused-ring (bicyclic) bond motifs is 3. The molecule has 1 aromatic rings. The van der Waals surface area contributed by atoms with Gasteiger partial charge in [-0.15, -0.1) is 0 Å². The predicted octanol–water partition coefficient (Wildman–Crippen LogP) is 4.92. The van der Waals surface area contributed by atoms with Crippen molar-refractivity contribution in [3.63, 3.8) is 0 Å². The number of rotatable bonds is 8. The van der Waals surface area contributed by atoms with Gasteiger partial charge in [-0.3, -0.25) is 5.32 Å². The van der Waals surface area contributed by atoms with Gasteiger partial charge in [-0.1, -0.05) is 31.9 Å². The number of carbonyl (C=O) groups is 1. The number of amides is 1. The Morgan fingerprint density at radius 2 is 1.81 bits per heavy atom. The smallest absolute Gasteiger partial charge is 0.412 e. The number of hydrogen-bond acceptors (Lipinski definition) is 4. The Morgan fingerprint density at radius 1 is 1.11 bits per heavy atom. The topological polar surface area (TPSA) is 50.8 Å². The minimum absolute atomic E-state index is 0.0230. The first-order valence-corrected chi connectivity index (χ1v) is 10.5. The minimum Gasteiger partial charge on any atom is -0.491 e. The first-order chi connectivity index (χ1) is 13.1. The largest absolute Gasteiger partial charge is 0.491 e. The summed E-state index contributed by atoms with van der Waals surface area (Å²) >= 11 is 0. The Balaban J connectivity index is 1.60. The molecule has 3 fully saturated rings. The van der Waals surface area contributed by atoms with Crippen molar-refractivity contribution in [2.45, 2.75) is 64.0 Å². The van der Waals surface area contributed by atoms with E-state index in [2.05, 4.69) is 31.2 Å². The molecule has 27 heavy (non-hydrogen) atoms. The molecule has 3 saturated carbocycles. The molecule has 150 valence electrons. The number of hydrogen-bond donors (Lipinski definition) is 1. The third-order valence-electron chi connectivity index (χ3n) is 6.07. The van der Waals surface area contributed by atoms with Crippen LogP contribution in [0.1, 0.15) is 51.9 Å². The second-order valence-corrected chi connectivity index (χ2v) is 8.18. The Bertz CT molecular complexity index is 611.